The second-order valence-electron chi connectivity index (χ2n) is 7.66. The van der Waals surface area contributed by atoms with Crippen LogP contribution in [-0.4, -0.2) is 41.7 Å². The lowest BCUT2D eigenvalue weighted by Crippen LogP contribution is -2.16. The highest BCUT2D eigenvalue weighted by molar-refractivity contribution is 5.94. The van der Waals surface area contributed by atoms with E-state index in [-0.39, 0.29) is 12.3 Å². The van der Waals surface area contributed by atoms with Gasteiger partial charge in [0.15, 0.2) is 5.82 Å². The van der Waals surface area contributed by atoms with Crippen molar-refractivity contribution in [1.29, 1.82) is 0 Å². The zero-order valence-corrected chi connectivity index (χ0v) is 17.5. The monoisotopic (exact) mass is 425 g/mol. The Bertz CT molecular complexity index is 1120. The standard InChI is InChI=1S/C21H24FN7O2/c1-4-17(30)14-5-11(2)16(8-23-14)27-20-19(29(3)10-26-20)15-7-18(25-9-24-15)28-21(31)12-6-13(12)22/h5,7-10,12-13,17,27,30H,4,6H2,1-3H3,(H,24,25,28,31)/t12-,13+,17+/m0/s1. The van der Waals surface area contributed by atoms with Gasteiger partial charge in [-0.05, 0) is 31.4 Å². The molecule has 1 fully saturated rings. The maximum Gasteiger partial charge on any atom is 0.231 e. The number of imidazole rings is 1. The Labute approximate surface area is 178 Å². The van der Waals surface area contributed by atoms with Crippen LogP contribution in [0.1, 0.15) is 37.1 Å². The number of carbonyl (C=O) groups is 1. The van der Waals surface area contributed by atoms with Crippen molar-refractivity contribution in [3.8, 4) is 11.4 Å². The van der Waals surface area contributed by atoms with Gasteiger partial charge >= 0.3 is 0 Å². The van der Waals surface area contributed by atoms with Crippen molar-refractivity contribution in [3.63, 3.8) is 0 Å². The molecule has 0 bridgehead atoms. The van der Waals surface area contributed by atoms with E-state index in [1.54, 1.807) is 23.2 Å². The molecule has 31 heavy (non-hydrogen) atoms. The quantitative estimate of drug-likeness (QED) is 0.532. The summed E-state index contributed by atoms with van der Waals surface area (Å²) in [5.41, 5.74) is 3.51. The van der Waals surface area contributed by atoms with Gasteiger partial charge in [0, 0.05) is 13.1 Å². The van der Waals surface area contributed by atoms with E-state index in [2.05, 4.69) is 30.6 Å². The first-order valence-corrected chi connectivity index (χ1v) is 10.1. The first-order valence-electron chi connectivity index (χ1n) is 10.1. The average Bonchev–Trinajstić information content (AvgIpc) is 3.38. The molecule has 162 valence electrons. The summed E-state index contributed by atoms with van der Waals surface area (Å²) < 4.78 is 14.9. The van der Waals surface area contributed by atoms with Crippen LogP contribution in [0.2, 0.25) is 0 Å². The van der Waals surface area contributed by atoms with E-state index in [0.29, 0.717) is 35.1 Å². The number of anilines is 3. The third kappa shape index (κ3) is 4.38. The number of nitrogens with zero attached hydrogens (tertiary/aromatic N) is 5. The zero-order chi connectivity index (χ0) is 22.1. The summed E-state index contributed by atoms with van der Waals surface area (Å²) in [6.45, 7) is 3.82. The number of amides is 1. The van der Waals surface area contributed by atoms with Crippen molar-refractivity contribution in [3.05, 3.63) is 42.2 Å². The van der Waals surface area contributed by atoms with Crippen LogP contribution in [0.5, 0.6) is 0 Å². The van der Waals surface area contributed by atoms with Crippen molar-refractivity contribution < 1.29 is 14.3 Å². The molecular formula is C21H24FN7O2. The molecule has 0 unspecified atom stereocenters. The van der Waals surface area contributed by atoms with Crippen molar-refractivity contribution in [1.82, 2.24) is 24.5 Å². The number of aliphatic hydroxyl groups excluding tert-OH is 1. The number of aliphatic hydroxyl groups is 1. The van der Waals surface area contributed by atoms with Crippen LogP contribution in [0.3, 0.4) is 0 Å². The van der Waals surface area contributed by atoms with Gasteiger partial charge in [-0.1, -0.05) is 6.92 Å². The van der Waals surface area contributed by atoms with Crippen molar-refractivity contribution in [2.75, 3.05) is 10.6 Å². The van der Waals surface area contributed by atoms with Gasteiger partial charge < -0.3 is 20.3 Å². The lowest BCUT2D eigenvalue weighted by atomic mass is 10.1. The van der Waals surface area contributed by atoms with Gasteiger partial charge in [-0.2, -0.15) is 0 Å². The maximum atomic E-state index is 13.1. The van der Waals surface area contributed by atoms with E-state index in [9.17, 15) is 14.3 Å². The predicted octanol–water partition coefficient (Wildman–Crippen LogP) is 3.06. The molecule has 0 aromatic carbocycles. The first-order chi connectivity index (χ1) is 14.9. The number of nitrogens with one attached hydrogen (secondary N) is 2. The SMILES string of the molecule is CC[C@@H](O)c1cc(C)c(Nc2ncn(C)c2-c2cc(NC(=O)[C@H]3C[C@H]3F)ncn2)cn1. The van der Waals surface area contributed by atoms with Gasteiger partial charge in [-0.25, -0.2) is 19.3 Å². The van der Waals surface area contributed by atoms with Gasteiger partial charge in [0.25, 0.3) is 0 Å². The first kappa shape index (κ1) is 20.9. The number of hydrogen-bond donors (Lipinski definition) is 3. The van der Waals surface area contributed by atoms with E-state index >= 15 is 0 Å². The highest BCUT2D eigenvalue weighted by Gasteiger charge is 2.43. The molecule has 0 aliphatic heterocycles. The number of rotatable bonds is 7. The summed E-state index contributed by atoms with van der Waals surface area (Å²) in [5.74, 6) is -0.122. The van der Waals surface area contributed by atoms with Crippen LogP contribution >= 0.6 is 0 Å². The third-order valence-corrected chi connectivity index (χ3v) is 5.26. The van der Waals surface area contributed by atoms with Gasteiger partial charge in [0.1, 0.15) is 24.0 Å². The zero-order valence-electron chi connectivity index (χ0n) is 17.5. The number of carbonyl (C=O) groups excluding carboxylic acids is 1. The van der Waals surface area contributed by atoms with E-state index in [0.717, 1.165) is 11.3 Å². The van der Waals surface area contributed by atoms with Gasteiger partial charge in [-0.15, -0.1) is 0 Å². The lowest BCUT2D eigenvalue weighted by Gasteiger charge is -2.13. The number of hydrogen-bond acceptors (Lipinski definition) is 7. The van der Waals surface area contributed by atoms with Crippen molar-refractivity contribution in [2.45, 2.75) is 39.0 Å². The molecule has 1 aliphatic rings. The van der Waals surface area contributed by atoms with Gasteiger partial charge in [0.05, 0.1) is 41.6 Å². The molecule has 1 saturated carbocycles. The minimum Gasteiger partial charge on any atom is -0.387 e. The lowest BCUT2D eigenvalue weighted by molar-refractivity contribution is -0.117. The number of aromatic nitrogens is 5. The normalized spacial score (nSPS) is 18.5. The number of aryl methyl sites for hydroxylation is 2. The van der Waals surface area contributed by atoms with Crippen LogP contribution in [0.4, 0.5) is 21.7 Å². The van der Waals surface area contributed by atoms with E-state index in [1.165, 1.54) is 6.33 Å². The molecule has 3 aromatic rings. The van der Waals surface area contributed by atoms with Gasteiger partial charge in [0.2, 0.25) is 5.91 Å². The molecule has 0 saturated heterocycles. The fourth-order valence-electron chi connectivity index (χ4n) is 3.26. The minimum absolute atomic E-state index is 0.251. The molecular weight excluding hydrogens is 401 g/mol. The van der Waals surface area contributed by atoms with Gasteiger partial charge in [-0.3, -0.25) is 9.78 Å². The highest BCUT2D eigenvalue weighted by atomic mass is 19.1. The second kappa shape index (κ2) is 8.38. The van der Waals surface area contributed by atoms with Crippen molar-refractivity contribution in [2.24, 2.45) is 13.0 Å². The van der Waals surface area contributed by atoms with Crippen molar-refractivity contribution >= 4 is 23.2 Å². The smallest absolute Gasteiger partial charge is 0.231 e. The van der Waals surface area contributed by atoms with Crippen LogP contribution in [0.25, 0.3) is 11.4 Å². The predicted molar refractivity (Wildman–Crippen MR) is 113 cm³/mol. The second-order valence-corrected chi connectivity index (χ2v) is 7.66. The molecule has 1 amide bonds. The van der Waals surface area contributed by atoms with E-state index < -0.39 is 18.2 Å². The molecule has 3 atom stereocenters. The molecule has 0 radical (unpaired) electrons. The summed E-state index contributed by atoms with van der Waals surface area (Å²) in [5, 5.41) is 15.9. The summed E-state index contributed by atoms with van der Waals surface area (Å²) in [6, 6.07) is 3.47. The molecule has 3 N–H and O–H groups in total. The molecule has 1 aliphatic carbocycles. The van der Waals surface area contributed by atoms with E-state index in [1.807, 2.05) is 27.0 Å². The molecule has 10 heteroatoms. The van der Waals surface area contributed by atoms with Crippen LogP contribution in [0, 0.1) is 12.8 Å². The Morgan fingerprint density at radius 2 is 2.10 bits per heavy atom. The molecule has 3 heterocycles. The number of alkyl halides is 1. The maximum absolute atomic E-state index is 13.1. The fraction of sp³-hybridized carbons (Fsp3) is 0.381. The Kier molecular flexibility index (Phi) is 5.64. The Morgan fingerprint density at radius 3 is 2.77 bits per heavy atom. The summed E-state index contributed by atoms with van der Waals surface area (Å²) in [6.07, 6.45) is 3.82. The summed E-state index contributed by atoms with van der Waals surface area (Å²) in [7, 11) is 1.83. The Hall–Kier alpha value is -3.40. The van der Waals surface area contributed by atoms with Crippen LogP contribution in [0.15, 0.2) is 31.0 Å². The van der Waals surface area contributed by atoms with Crippen LogP contribution in [-0.2, 0) is 11.8 Å². The highest BCUT2D eigenvalue weighted by Crippen LogP contribution is 2.35. The fourth-order valence-corrected chi connectivity index (χ4v) is 3.26. The summed E-state index contributed by atoms with van der Waals surface area (Å²) in [4.78, 5) is 29.2. The number of halogens is 1. The van der Waals surface area contributed by atoms with E-state index in [4.69, 9.17) is 0 Å². The number of pyridine rings is 1. The molecule has 0 spiro atoms. The Morgan fingerprint density at radius 1 is 1.32 bits per heavy atom. The summed E-state index contributed by atoms with van der Waals surface area (Å²) >= 11 is 0. The molecule has 3 aromatic heterocycles. The minimum atomic E-state index is -1.07. The molecule has 4 rings (SSSR count). The molecule has 9 nitrogen and oxygen atoms in total. The largest absolute Gasteiger partial charge is 0.387 e. The Balaban J connectivity index is 1.58. The third-order valence-electron chi connectivity index (χ3n) is 5.26. The average molecular weight is 425 g/mol. The van der Waals surface area contributed by atoms with Crippen LogP contribution < -0.4 is 10.6 Å². The topological polar surface area (TPSA) is 118 Å².